The van der Waals surface area contributed by atoms with E-state index in [2.05, 4.69) is 55.6 Å². The second-order valence-electron chi connectivity index (χ2n) is 18.5. The molecule has 0 aliphatic heterocycles. The SMILES string of the molecule is CCCC/C=C\C/C=C\CCCCCCCC(=O)OCCCCCCCCCC/C=C\CCCCCCCCCC(=O)NC(CO)C(O)/C=C/CCCCCCCCCCCCC. The summed E-state index contributed by atoms with van der Waals surface area (Å²) in [4.78, 5) is 24.4. The quantitative estimate of drug-likeness (QED) is 0.0321. The molecular formula is C57H105NO5. The Morgan fingerprint density at radius 2 is 0.810 bits per heavy atom. The van der Waals surface area contributed by atoms with Gasteiger partial charge >= 0.3 is 5.97 Å². The molecule has 0 heterocycles. The fraction of sp³-hybridized carbons (Fsp3) is 0.825. The van der Waals surface area contributed by atoms with Crippen LogP contribution in [0.4, 0.5) is 0 Å². The molecule has 1 amide bonds. The second-order valence-corrected chi connectivity index (χ2v) is 18.5. The van der Waals surface area contributed by atoms with Crippen molar-refractivity contribution < 1.29 is 24.5 Å². The fourth-order valence-corrected chi connectivity index (χ4v) is 8.06. The number of esters is 1. The van der Waals surface area contributed by atoms with Crippen LogP contribution in [-0.4, -0.2) is 47.4 Å². The molecule has 0 saturated carbocycles. The summed E-state index contributed by atoms with van der Waals surface area (Å²) in [6.45, 7) is 4.83. The molecule has 3 N–H and O–H groups in total. The fourth-order valence-electron chi connectivity index (χ4n) is 8.06. The highest BCUT2D eigenvalue weighted by atomic mass is 16.5. The molecule has 2 atom stereocenters. The Morgan fingerprint density at radius 1 is 0.444 bits per heavy atom. The van der Waals surface area contributed by atoms with E-state index in [0.717, 1.165) is 64.2 Å². The second kappa shape index (κ2) is 52.4. The lowest BCUT2D eigenvalue weighted by Crippen LogP contribution is -2.45. The summed E-state index contributed by atoms with van der Waals surface area (Å²) in [6, 6.07) is -0.635. The van der Waals surface area contributed by atoms with E-state index in [-0.39, 0.29) is 18.5 Å². The first-order valence-electron chi connectivity index (χ1n) is 27.4. The van der Waals surface area contributed by atoms with Crippen LogP contribution >= 0.6 is 0 Å². The maximum Gasteiger partial charge on any atom is 0.305 e. The van der Waals surface area contributed by atoms with E-state index in [1.54, 1.807) is 6.08 Å². The molecule has 0 aromatic carbocycles. The van der Waals surface area contributed by atoms with Gasteiger partial charge in [-0.3, -0.25) is 9.59 Å². The highest BCUT2D eigenvalue weighted by Crippen LogP contribution is 2.15. The highest BCUT2D eigenvalue weighted by Gasteiger charge is 2.18. The molecule has 63 heavy (non-hydrogen) atoms. The van der Waals surface area contributed by atoms with E-state index in [0.29, 0.717) is 19.4 Å². The number of carbonyl (C=O) groups excluding carboxylic acids is 2. The lowest BCUT2D eigenvalue weighted by Gasteiger charge is -2.20. The third-order valence-electron chi connectivity index (χ3n) is 12.3. The normalized spacial score (nSPS) is 13.0. The van der Waals surface area contributed by atoms with Gasteiger partial charge in [-0.1, -0.05) is 229 Å². The molecule has 0 rings (SSSR count). The number of allylic oxidation sites excluding steroid dienone is 7. The van der Waals surface area contributed by atoms with Gasteiger partial charge in [-0.05, 0) is 83.5 Å². The third kappa shape index (κ3) is 49.1. The van der Waals surface area contributed by atoms with Gasteiger partial charge < -0.3 is 20.3 Å². The zero-order chi connectivity index (χ0) is 45.8. The Morgan fingerprint density at radius 3 is 1.27 bits per heavy atom. The van der Waals surface area contributed by atoms with Gasteiger partial charge in [-0.2, -0.15) is 0 Å². The van der Waals surface area contributed by atoms with Crippen molar-refractivity contribution in [3.63, 3.8) is 0 Å². The molecule has 0 spiro atoms. The summed E-state index contributed by atoms with van der Waals surface area (Å²) in [5, 5.41) is 23.0. The predicted molar refractivity (Wildman–Crippen MR) is 273 cm³/mol. The molecule has 6 nitrogen and oxygen atoms in total. The van der Waals surface area contributed by atoms with Gasteiger partial charge in [0, 0.05) is 12.8 Å². The van der Waals surface area contributed by atoms with Crippen molar-refractivity contribution >= 4 is 11.9 Å². The maximum absolute atomic E-state index is 12.4. The van der Waals surface area contributed by atoms with E-state index >= 15 is 0 Å². The molecule has 0 aromatic rings. The number of ether oxygens (including phenoxy) is 1. The number of nitrogens with one attached hydrogen (secondary N) is 1. The lowest BCUT2D eigenvalue weighted by atomic mass is 10.0. The van der Waals surface area contributed by atoms with Gasteiger partial charge in [0.15, 0.2) is 0 Å². The van der Waals surface area contributed by atoms with E-state index in [1.165, 1.54) is 186 Å². The molecule has 6 heteroatoms. The van der Waals surface area contributed by atoms with E-state index in [9.17, 15) is 19.8 Å². The molecule has 0 bridgehead atoms. The summed E-state index contributed by atoms with van der Waals surface area (Å²) in [7, 11) is 0. The van der Waals surface area contributed by atoms with Gasteiger partial charge in [0.25, 0.3) is 0 Å². The van der Waals surface area contributed by atoms with Gasteiger partial charge in [0.05, 0.1) is 25.4 Å². The van der Waals surface area contributed by atoms with Crippen molar-refractivity contribution in [2.24, 2.45) is 0 Å². The van der Waals surface area contributed by atoms with Crippen LogP contribution in [0, 0.1) is 0 Å². The molecule has 0 fully saturated rings. The van der Waals surface area contributed by atoms with Gasteiger partial charge in [-0.15, -0.1) is 0 Å². The first-order valence-corrected chi connectivity index (χ1v) is 27.4. The zero-order valence-corrected chi connectivity index (χ0v) is 41.8. The summed E-state index contributed by atoms with van der Waals surface area (Å²) in [5.41, 5.74) is 0. The minimum Gasteiger partial charge on any atom is -0.466 e. The number of hydrogen-bond donors (Lipinski definition) is 3. The lowest BCUT2D eigenvalue weighted by molar-refractivity contribution is -0.143. The van der Waals surface area contributed by atoms with Crippen LogP contribution in [-0.2, 0) is 14.3 Å². The third-order valence-corrected chi connectivity index (χ3v) is 12.3. The van der Waals surface area contributed by atoms with Crippen LogP contribution in [0.15, 0.2) is 48.6 Å². The Labute approximate surface area is 391 Å². The van der Waals surface area contributed by atoms with Crippen molar-refractivity contribution in [3.8, 4) is 0 Å². The van der Waals surface area contributed by atoms with Crippen LogP contribution in [0.5, 0.6) is 0 Å². The number of rotatable bonds is 50. The van der Waals surface area contributed by atoms with E-state index in [1.807, 2.05) is 6.08 Å². The largest absolute Gasteiger partial charge is 0.466 e. The van der Waals surface area contributed by atoms with Crippen LogP contribution in [0.1, 0.15) is 277 Å². The average Bonchev–Trinajstić information content (AvgIpc) is 3.28. The summed E-state index contributed by atoms with van der Waals surface area (Å²) in [6.07, 6.45) is 65.5. The highest BCUT2D eigenvalue weighted by molar-refractivity contribution is 5.76. The molecule has 0 aromatic heterocycles. The van der Waals surface area contributed by atoms with Gasteiger partial charge in [-0.25, -0.2) is 0 Å². The molecular weight excluding hydrogens is 779 g/mol. The Hall–Kier alpha value is -2.18. The summed E-state index contributed by atoms with van der Waals surface area (Å²) < 4.78 is 5.46. The number of aliphatic hydroxyl groups excluding tert-OH is 2. The first kappa shape index (κ1) is 60.8. The Kier molecular flexibility index (Phi) is 50.6. The molecule has 368 valence electrons. The van der Waals surface area contributed by atoms with E-state index in [4.69, 9.17) is 4.74 Å². The van der Waals surface area contributed by atoms with Crippen molar-refractivity contribution in [3.05, 3.63) is 48.6 Å². The first-order chi connectivity index (χ1) is 31.0. The molecule has 0 radical (unpaired) electrons. The van der Waals surface area contributed by atoms with E-state index < -0.39 is 12.1 Å². The molecule has 0 aliphatic carbocycles. The zero-order valence-electron chi connectivity index (χ0n) is 41.8. The van der Waals surface area contributed by atoms with Crippen molar-refractivity contribution in [2.75, 3.05) is 13.2 Å². The summed E-state index contributed by atoms with van der Waals surface area (Å²) >= 11 is 0. The van der Waals surface area contributed by atoms with Crippen LogP contribution < -0.4 is 5.32 Å². The van der Waals surface area contributed by atoms with Crippen molar-refractivity contribution in [2.45, 2.75) is 289 Å². The molecule has 0 aliphatic rings. The number of carbonyl (C=O) groups is 2. The van der Waals surface area contributed by atoms with Crippen molar-refractivity contribution in [1.82, 2.24) is 5.32 Å². The predicted octanol–water partition coefficient (Wildman–Crippen LogP) is 16.6. The van der Waals surface area contributed by atoms with Gasteiger partial charge in [0.1, 0.15) is 0 Å². The number of aliphatic hydroxyl groups is 2. The Balaban J connectivity index is 3.48. The average molecular weight is 884 g/mol. The van der Waals surface area contributed by atoms with Gasteiger partial charge in [0.2, 0.25) is 5.91 Å². The molecule has 2 unspecified atom stereocenters. The monoisotopic (exact) mass is 884 g/mol. The van der Waals surface area contributed by atoms with Crippen LogP contribution in [0.3, 0.4) is 0 Å². The standard InChI is InChI=1S/C57H105NO5/c1-3-5-7-9-11-13-15-17-27-31-35-39-43-47-51-57(62)63-52-48-44-40-36-32-28-24-22-20-18-19-21-23-26-30-34-38-42-46-50-56(61)58-54(53-59)55(60)49-45-41-37-33-29-25-16-14-12-10-8-6-4-2/h9,11,15,17-19,45,49,54-55,59-60H,3-8,10,12-14,16,20-44,46-48,50-53H2,1-2H3,(H,58,61)/b11-9-,17-15-,19-18-,49-45+. The van der Waals surface area contributed by atoms with Crippen LogP contribution in [0.2, 0.25) is 0 Å². The van der Waals surface area contributed by atoms with Crippen LogP contribution in [0.25, 0.3) is 0 Å². The maximum atomic E-state index is 12.4. The minimum atomic E-state index is -0.851. The topological polar surface area (TPSA) is 95.9 Å². The number of hydrogen-bond acceptors (Lipinski definition) is 5. The number of unbranched alkanes of at least 4 members (excludes halogenated alkanes) is 33. The molecule has 0 saturated heterocycles. The smallest absolute Gasteiger partial charge is 0.305 e. The number of amides is 1. The van der Waals surface area contributed by atoms with Crippen molar-refractivity contribution in [1.29, 1.82) is 0 Å². The Bertz CT molecular complexity index is 1070. The minimum absolute atomic E-state index is 0.0123. The summed E-state index contributed by atoms with van der Waals surface area (Å²) in [5.74, 6) is -0.0915.